The normalized spacial score (nSPS) is 18.2. The molecule has 1 aliphatic rings. The molecule has 2 rings (SSSR count). The van der Waals surface area contributed by atoms with Gasteiger partial charge in [0.05, 0.1) is 0 Å². The predicted octanol–water partition coefficient (Wildman–Crippen LogP) is 3.16. The van der Waals surface area contributed by atoms with E-state index < -0.39 is 0 Å². The van der Waals surface area contributed by atoms with Crippen LogP contribution in [0, 0.1) is 6.92 Å². The third-order valence-electron chi connectivity index (χ3n) is 3.47. The first-order valence-electron chi connectivity index (χ1n) is 6.45. The van der Waals surface area contributed by atoms with Gasteiger partial charge in [0.1, 0.15) is 0 Å². The fourth-order valence-electron chi connectivity index (χ4n) is 2.31. The van der Waals surface area contributed by atoms with Crippen molar-refractivity contribution in [1.82, 2.24) is 9.80 Å². The minimum atomic E-state index is 0.901. The van der Waals surface area contributed by atoms with Gasteiger partial charge in [-0.1, -0.05) is 39.7 Å². The van der Waals surface area contributed by atoms with Gasteiger partial charge >= 0.3 is 0 Å². The summed E-state index contributed by atoms with van der Waals surface area (Å²) in [7, 11) is 0. The molecule has 0 bridgehead atoms. The van der Waals surface area contributed by atoms with Crippen LogP contribution in [-0.2, 0) is 6.54 Å². The molecular weight excluding hydrogens is 312 g/mol. The maximum absolute atomic E-state index is 6.28. The molecule has 0 aromatic heterocycles. The van der Waals surface area contributed by atoms with E-state index in [-0.39, 0.29) is 0 Å². The van der Waals surface area contributed by atoms with E-state index in [4.69, 9.17) is 11.6 Å². The Kier molecular flexibility index (Phi) is 5.49. The molecule has 0 aliphatic carbocycles. The molecule has 1 heterocycles. The molecule has 0 unspecified atom stereocenters. The molecule has 0 amide bonds. The fourth-order valence-corrected chi connectivity index (χ4v) is 3.11. The molecule has 2 nitrogen and oxygen atoms in total. The minimum absolute atomic E-state index is 0.901. The summed E-state index contributed by atoms with van der Waals surface area (Å²) < 4.78 is 0. The Balaban J connectivity index is 1.87. The third-order valence-corrected chi connectivity index (χ3v) is 4.17. The van der Waals surface area contributed by atoms with Crippen molar-refractivity contribution in [3.8, 4) is 0 Å². The van der Waals surface area contributed by atoms with Crippen LogP contribution >= 0.6 is 27.5 Å². The Labute approximate surface area is 123 Å². The maximum Gasteiger partial charge on any atom is 0.0453 e. The highest BCUT2D eigenvalue weighted by Crippen LogP contribution is 2.20. The molecule has 0 N–H and O–H groups in total. The molecule has 0 atom stereocenters. The average Bonchev–Trinajstić information content (AvgIpc) is 2.35. The number of hydrogen-bond donors (Lipinski definition) is 0. The Morgan fingerprint density at radius 2 is 1.83 bits per heavy atom. The largest absolute Gasteiger partial charge is 0.300 e. The van der Waals surface area contributed by atoms with Crippen LogP contribution in [0.2, 0.25) is 5.02 Å². The summed E-state index contributed by atoms with van der Waals surface area (Å²) >= 11 is 9.78. The fraction of sp³-hybridized carbons (Fsp3) is 0.571. The highest BCUT2D eigenvalue weighted by Gasteiger charge is 2.16. The molecule has 4 heteroatoms. The van der Waals surface area contributed by atoms with Crippen molar-refractivity contribution in [2.75, 3.05) is 38.1 Å². The van der Waals surface area contributed by atoms with Gasteiger partial charge in [-0.15, -0.1) is 0 Å². The van der Waals surface area contributed by atoms with Crippen molar-refractivity contribution in [1.29, 1.82) is 0 Å². The predicted molar refractivity (Wildman–Crippen MR) is 81.7 cm³/mol. The molecule has 100 valence electrons. The quantitative estimate of drug-likeness (QED) is 0.782. The van der Waals surface area contributed by atoms with Gasteiger partial charge in [-0.25, -0.2) is 0 Å². The second-order valence-electron chi connectivity index (χ2n) is 4.90. The second kappa shape index (κ2) is 6.90. The molecule has 1 aromatic rings. The lowest BCUT2D eigenvalue weighted by molar-refractivity contribution is 0.133. The van der Waals surface area contributed by atoms with E-state index in [1.165, 1.54) is 11.1 Å². The van der Waals surface area contributed by atoms with E-state index in [0.717, 1.165) is 49.6 Å². The SMILES string of the molecule is Cc1ccc(CN2CCN(CCBr)CC2)c(Cl)c1. The van der Waals surface area contributed by atoms with Gasteiger partial charge < -0.3 is 0 Å². The summed E-state index contributed by atoms with van der Waals surface area (Å²) in [4.78, 5) is 4.99. The van der Waals surface area contributed by atoms with Gasteiger partial charge in [0.2, 0.25) is 0 Å². The van der Waals surface area contributed by atoms with Crippen LogP contribution in [0.4, 0.5) is 0 Å². The van der Waals surface area contributed by atoms with Gasteiger partial charge in [0.15, 0.2) is 0 Å². The van der Waals surface area contributed by atoms with Crippen LogP contribution in [0.5, 0.6) is 0 Å². The molecule has 1 aromatic carbocycles. The summed E-state index contributed by atoms with van der Waals surface area (Å²) in [6.45, 7) is 8.80. The maximum atomic E-state index is 6.28. The number of halogens is 2. The van der Waals surface area contributed by atoms with E-state index in [9.17, 15) is 0 Å². The Morgan fingerprint density at radius 3 is 2.44 bits per heavy atom. The molecule has 0 spiro atoms. The standard InChI is InChI=1S/C14H20BrClN2/c1-12-2-3-13(14(16)10-12)11-18-8-6-17(5-4-15)7-9-18/h2-3,10H,4-9,11H2,1H3. The molecule has 0 radical (unpaired) electrons. The smallest absolute Gasteiger partial charge is 0.0453 e. The topological polar surface area (TPSA) is 6.48 Å². The Morgan fingerprint density at radius 1 is 1.17 bits per heavy atom. The number of alkyl halides is 1. The van der Waals surface area contributed by atoms with Crippen LogP contribution in [0.1, 0.15) is 11.1 Å². The van der Waals surface area contributed by atoms with Gasteiger partial charge in [0, 0.05) is 49.6 Å². The van der Waals surface area contributed by atoms with Gasteiger partial charge in [-0.3, -0.25) is 9.80 Å². The van der Waals surface area contributed by atoms with Crippen LogP contribution < -0.4 is 0 Å². The molecule has 0 saturated carbocycles. The van der Waals surface area contributed by atoms with Crippen molar-refractivity contribution < 1.29 is 0 Å². The number of aryl methyl sites for hydroxylation is 1. The second-order valence-corrected chi connectivity index (χ2v) is 6.10. The Bertz CT molecular complexity index is 389. The molecule has 1 saturated heterocycles. The van der Waals surface area contributed by atoms with Gasteiger partial charge in [0.25, 0.3) is 0 Å². The summed E-state index contributed by atoms with van der Waals surface area (Å²) in [5.41, 5.74) is 2.47. The van der Waals surface area contributed by atoms with Gasteiger partial charge in [-0.2, -0.15) is 0 Å². The van der Waals surface area contributed by atoms with Crippen molar-refractivity contribution in [3.63, 3.8) is 0 Å². The first kappa shape index (κ1) is 14.3. The zero-order valence-electron chi connectivity index (χ0n) is 10.8. The van der Waals surface area contributed by atoms with Crippen molar-refractivity contribution >= 4 is 27.5 Å². The van der Waals surface area contributed by atoms with Gasteiger partial charge in [-0.05, 0) is 24.1 Å². The van der Waals surface area contributed by atoms with E-state index in [1.807, 2.05) is 0 Å². The number of nitrogens with zero attached hydrogens (tertiary/aromatic N) is 2. The van der Waals surface area contributed by atoms with E-state index in [2.05, 4.69) is 50.9 Å². The summed E-state index contributed by atoms with van der Waals surface area (Å²) in [5, 5.41) is 1.97. The zero-order chi connectivity index (χ0) is 13.0. The summed E-state index contributed by atoms with van der Waals surface area (Å²) in [6, 6.07) is 6.35. The minimum Gasteiger partial charge on any atom is -0.300 e. The summed E-state index contributed by atoms with van der Waals surface area (Å²) in [5.74, 6) is 0. The van der Waals surface area contributed by atoms with Crippen molar-refractivity contribution in [2.24, 2.45) is 0 Å². The molecule has 1 aliphatic heterocycles. The highest BCUT2D eigenvalue weighted by atomic mass is 79.9. The number of piperazine rings is 1. The number of rotatable bonds is 4. The lowest BCUT2D eigenvalue weighted by atomic mass is 10.1. The molecule has 1 fully saturated rings. The average molecular weight is 332 g/mol. The van der Waals surface area contributed by atoms with E-state index in [1.54, 1.807) is 0 Å². The van der Waals surface area contributed by atoms with Crippen LogP contribution in [0.3, 0.4) is 0 Å². The third kappa shape index (κ3) is 3.95. The van der Waals surface area contributed by atoms with Crippen molar-refractivity contribution in [3.05, 3.63) is 34.3 Å². The molecular formula is C14H20BrClN2. The monoisotopic (exact) mass is 330 g/mol. The number of benzene rings is 1. The Hall–Kier alpha value is -0.0900. The first-order valence-corrected chi connectivity index (χ1v) is 7.94. The highest BCUT2D eigenvalue weighted by molar-refractivity contribution is 9.09. The first-order chi connectivity index (χ1) is 8.69. The molecule has 18 heavy (non-hydrogen) atoms. The summed E-state index contributed by atoms with van der Waals surface area (Å²) in [6.07, 6.45) is 0. The van der Waals surface area contributed by atoms with E-state index >= 15 is 0 Å². The van der Waals surface area contributed by atoms with Crippen LogP contribution in [0.25, 0.3) is 0 Å². The van der Waals surface area contributed by atoms with Crippen LogP contribution in [0.15, 0.2) is 18.2 Å². The van der Waals surface area contributed by atoms with Crippen molar-refractivity contribution in [2.45, 2.75) is 13.5 Å². The van der Waals surface area contributed by atoms with E-state index in [0.29, 0.717) is 0 Å². The lowest BCUT2D eigenvalue weighted by Crippen LogP contribution is -2.46. The van der Waals surface area contributed by atoms with Crippen LogP contribution in [-0.4, -0.2) is 47.9 Å². The number of hydrogen-bond acceptors (Lipinski definition) is 2. The lowest BCUT2D eigenvalue weighted by Gasteiger charge is -2.34. The zero-order valence-corrected chi connectivity index (χ0v) is 13.2.